The molecule has 1 atom stereocenters. The fraction of sp³-hybridized carbons (Fsp3) is 0.588. The lowest BCUT2D eigenvalue weighted by Crippen LogP contribution is -2.31. The molecule has 0 saturated carbocycles. The van der Waals surface area contributed by atoms with Crippen LogP contribution in [0.4, 0.5) is 0 Å². The predicted octanol–water partition coefficient (Wildman–Crippen LogP) is 4.54. The maximum absolute atomic E-state index is 13.2. The summed E-state index contributed by atoms with van der Waals surface area (Å²) in [6.07, 6.45) is 0.720. The largest absolute Gasteiger partial charge is 0.341 e. The minimum atomic E-state index is -3.48. The average molecular weight is 324 g/mol. The van der Waals surface area contributed by atoms with Crippen molar-refractivity contribution in [1.29, 1.82) is 0 Å². The zero-order valence-electron chi connectivity index (χ0n) is 14.0. The molecule has 0 spiro atoms. The zero-order chi connectivity index (χ0) is 16.5. The van der Waals surface area contributed by atoms with E-state index in [1.807, 2.05) is 52.8 Å². The van der Waals surface area contributed by atoms with Crippen molar-refractivity contribution < 1.29 is 18.4 Å². The number of fused-ring (bicyclic) bond motifs is 1. The maximum Gasteiger partial charge on any atom is 0.341 e. The van der Waals surface area contributed by atoms with E-state index in [0.29, 0.717) is 12.0 Å². The van der Waals surface area contributed by atoms with Crippen molar-refractivity contribution in [2.45, 2.75) is 65.3 Å². The summed E-state index contributed by atoms with van der Waals surface area (Å²) in [6, 6.07) is 5.86. The molecule has 2 rings (SSSR count). The van der Waals surface area contributed by atoms with Crippen LogP contribution in [0.25, 0.3) is 0 Å². The molecule has 0 fully saturated rings. The number of hydrogen-bond donors (Lipinski definition) is 0. The fourth-order valence-electron chi connectivity index (χ4n) is 2.80. The van der Waals surface area contributed by atoms with E-state index in [1.165, 1.54) is 0 Å². The predicted molar refractivity (Wildman–Crippen MR) is 87.7 cm³/mol. The average Bonchev–Trinajstić information content (AvgIpc) is 2.37. The van der Waals surface area contributed by atoms with E-state index in [0.717, 1.165) is 17.5 Å². The standard InChI is InChI=1S/C17H25O4P/c1-11(2)20-22(19,21-12(3)4)16-9-8-14-7-6-13(5)10-15(14)17(16)18/h6-7,10-12,16H,8-9H2,1-5H3. The van der Waals surface area contributed by atoms with Gasteiger partial charge in [0, 0.05) is 5.56 Å². The lowest BCUT2D eigenvalue weighted by Gasteiger charge is -2.32. The molecular formula is C17H25O4P. The van der Waals surface area contributed by atoms with Gasteiger partial charge in [0.1, 0.15) is 5.66 Å². The van der Waals surface area contributed by atoms with Crippen LogP contribution in [-0.2, 0) is 20.0 Å². The number of carbonyl (C=O) groups excluding carboxylic acids is 1. The van der Waals surface area contributed by atoms with Crippen LogP contribution in [0.1, 0.15) is 55.6 Å². The van der Waals surface area contributed by atoms with E-state index >= 15 is 0 Å². The fourth-order valence-corrected chi connectivity index (χ4v) is 5.19. The molecule has 1 aromatic carbocycles. The molecule has 22 heavy (non-hydrogen) atoms. The van der Waals surface area contributed by atoms with Crippen LogP contribution in [0.3, 0.4) is 0 Å². The molecule has 0 aliphatic heterocycles. The van der Waals surface area contributed by atoms with Crippen molar-refractivity contribution in [1.82, 2.24) is 0 Å². The van der Waals surface area contributed by atoms with Gasteiger partial charge < -0.3 is 9.05 Å². The van der Waals surface area contributed by atoms with E-state index < -0.39 is 13.3 Å². The van der Waals surface area contributed by atoms with Crippen LogP contribution >= 0.6 is 7.60 Å². The van der Waals surface area contributed by atoms with Crippen molar-refractivity contribution in [3.8, 4) is 0 Å². The maximum atomic E-state index is 13.2. The SMILES string of the molecule is Cc1ccc2c(c1)C(=O)C(P(=O)(OC(C)C)OC(C)C)CC2. The van der Waals surface area contributed by atoms with Gasteiger partial charge in [0.05, 0.1) is 12.2 Å². The molecule has 0 bridgehead atoms. The molecule has 4 nitrogen and oxygen atoms in total. The second kappa shape index (κ2) is 6.66. The minimum absolute atomic E-state index is 0.116. The molecule has 1 aliphatic rings. The molecule has 1 unspecified atom stereocenters. The number of hydrogen-bond acceptors (Lipinski definition) is 4. The minimum Gasteiger partial charge on any atom is -0.305 e. The molecule has 0 N–H and O–H groups in total. The normalized spacial score (nSPS) is 18.9. The second-order valence-electron chi connectivity index (χ2n) is 6.43. The topological polar surface area (TPSA) is 52.6 Å². The molecule has 5 heteroatoms. The van der Waals surface area contributed by atoms with E-state index in [9.17, 15) is 9.36 Å². The van der Waals surface area contributed by atoms with E-state index in [4.69, 9.17) is 9.05 Å². The third-order valence-corrected chi connectivity index (χ3v) is 6.30. The monoisotopic (exact) mass is 324 g/mol. The molecule has 0 radical (unpaired) electrons. The van der Waals surface area contributed by atoms with Crippen LogP contribution in [0.15, 0.2) is 18.2 Å². The van der Waals surface area contributed by atoms with Crippen LogP contribution in [-0.4, -0.2) is 23.7 Å². The Kier molecular flexibility index (Phi) is 5.26. The van der Waals surface area contributed by atoms with E-state index in [2.05, 4.69) is 0 Å². The Labute approximate surface area is 132 Å². The van der Waals surface area contributed by atoms with Gasteiger partial charge in [-0.15, -0.1) is 0 Å². The second-order valence-corrected chi connectivity index (χ2v) is 8.55. The van der Waals surface area contributed by atoms with Crippen molar-refractivity contribution in [3.63, 3.8) is 0 Å². The van der Waals surface area contributed by atoms with Gasteiger partial charge in [-0.3, -0.25) is 9.36 Å². The first-order chi connectivity index (χ1) is 10.2. The van der Waals surface area contributed by atoms with Gasteiger partial charge in [0.2, 0.25) is 0 Å². The third kappa shape index (κ3) is 3.68. The first kappa shape index (κ1) is 17.4. The van der Waals surface area contributed by atoms with Gasteiger partial charge in [0.25, 0.3) is 0 Å². The number of carbonyl (C=O) groups is 1. The van der Waals surface area contributed by atoms with Crippen LogP contribution in [0.2, 0.25) is 0 Å². The molecular weight excluding hydrogens is 299 g/mol. The van der Waals surface area contributed by atoms with Gasteiger partial charge >= 0.3 is 7.60 Å². The Morgan fingerprint density at radius 1 is 1.14 bits per heavy atom. The quantitative estimate of drug-likeness (QED) is 0.746. The molecule has 1 aromatic rings. The highest BCUT2D eigenvalue weighted by Gasteiger charge is 2.45. The molecule has 0 saturated heterocycles. The van der Waals surface area contributed by atoms with Gasteiger partial charge in [-0.05, 0) is 59.1 Å². The summed E-state index contributed by atoms with van der Waals surface area (Å²) in [5, 5.41) is 0. The Hall–Kier alpha value is -0.960. The summed E-state index contributed by atoms with van der Waals surface area (Å²) in [5.41, 5.74) is 2.01. The third-order valence-electron chi connectivity index (χ3n) is 3.62. The first-order valence-corrected chi connectivity index (χ1v) is 9.44. The number of ketones is 1. The van der Waals surface area contributed by atoms with Crippen LogP contribution in [0, 0.1) is 6.92 Å². The lowest BCUT2D eigenvalue weighted by molar-refractivity contribution is 0.0926. The molecule has 0 aromatic heterocycles. The Bertz CT molecular complexity index is 593. The zero-order valence-corrected chi connectivity index (χ0v) is 14.9. The Morgan fingerprint density at radius 3 is 2.27 bits per heavy atom. The number of rotatable bonds is 5. The molecule has 1 aliphatic carbocycles. The molecule has 0 heterocycles. The smallest absolute Gasteiger partial charge is 0.305 e. The summed E-state index contributed by atoms with van der Waals surface area (Å²) < 4.78 is 24.5. The highest BCUT2D eigenvalue weighted by molar-refractivity contribution is 7.55. The van der Waals surface area contributed by atoms with Gasteiger partial charge in [-0.2, -0.15) is 0 Å². The lowest BCUT2D eigenvalue weighted by atomic mass is 9.89. The Balaban J connectivity index is 2.38. The highest BCUT2D eigenvalue weighted by Crippen LogP contribution is 2.58. The molecule has 122 valence electrons. The summed E-state index contributed by atoms with van der Waals surface area (Å²) >= 11 is 0. The van der Waals surface area contributed by atoms with Crippen molar-refractivity contribution >= 4 is 13.4 Å². The van der Waals surface area contributed by atoms with Crippen molar-refractivity contribution in [2.75, 3.05) is 0 Å². The highest BCUT2D eigenvalue weighted by atomic mass is 31.2. The first-order valence-electron chi connectivity index (χ1n) is 7.83. The number of aryl methyl sites for hydroxylation is 2. The van der Waals surface area contributed by atoms with Crippen LogP contribution in [0.5, 0.6) is 0 Å². The number of benzene rings is 1. The summed E-state index contributed by atoms with van der Waals surface area (Å²) in [5.74, 6) is -0.116. The molecule has 0 amide bonds. The van der Waals surface area contributed by atoms with Gasteiger partial charge in [0.15, 0.2) is 5.78 Å². The van der Waals surface area contributed by atoms with E-state index in [1.54, 1.807) is 0 Å². The number of Topliss-reactive ketones (excluding diaryl/α,β-unsaturated/α-hetero) is 1. The van der Waals surface area contributed by atoms with Crippen LogP contribution < -0.4 is 0 Å². The van der Waals surface area contributed by atoms with Crippen molar-refractivity contribution in [2.24, 2.45) is 0 Å². The summed E-state index contributed by atoms with van der Waals surface area (Å²) in [6.45, 7) is 9.18. The van der Waals surface area contributed by atoms with Gasteiger partial charge in [-0.25, -0.2) is 0 Å². The van der Waals surface area contributed by atoms with Gasteiger partial charge in [-0.1, -0.05) is 17.7 Å². The summed E-state index contributed by atoms with van der Waals surface area (Å²) in [7, 11) is -3.48. The van der Waals surface area contributed by atoms with E-state index in [-0.39, 0.29) is 18.0 Å². The van der Waals surface area contributed by atoms with Crippen molar-refractivity contribution in [3.05, 3.63) is 34.9 Å². The summed E-state index contributed by atoms with van der Waals surface area (Å²) in [4.78, 5) is 12.8. The Morgan fingerprint density at radius 2 is 1.73 bits per heavy atom.